The first-order valence-corrected chi connectivity index (χ1v) is 7.68. The van der Waals surface area contributed by atoms with Crippen molar-refractivity contribution in [3.63, 3.8) is 0 Å². The van der Waals surface area contributed by atoms with Crippen LogP contribution in [0.5, 0.6) is 11.5 Å². The van der Waals surface area contributed by atoms with Crippen LogP contribution < -0.4 is 10.1 Å². The molecule has 0 fully saturated rings. The molecule has 2 aromatic carbocycles. The summed E-state index contributed by atoms with van der Waals surface area (Å²) in [4.78, 5) is 14.5. The topological polar surface area (TPSA) is 71.0 Å². The monoisotopic (exact) mass is 328 g/mol. The molecule has 3 rings (SSSR count). The maximum absolute atomic E-state index is 12.9. The lowest BCUT2D eigenvalue weighted by Crippen LogP contribution is -2.44. The van der Waals surface area contributed by atoms with E-state index in [4.69, 9.17) is 9.47 Å². The number of carbonyl (C=O) groups excluding carboxylic acids is 1. The van der Waals surface area contributed by atoms with Crippen molar-refractivity contribution in [2.45, 2.75) is 6.17 Å². The summed E-state index contributed by atoms with van der Waals surface area (Å²) in [6.45, 7) is 0.800. The molecule has 0 unspecified atom stereocenters. The van der Waals surface area contributed by atoms with Crippen molar-refractivity contribution in [3.05, 3.63) is 53.6 Å². The number of aromatic hydroxyl groups is 1. The third-order valence-corrected chi connectivity index (χ3v) is 4.10. The Kier molecular flexibility index (Phi) is 4.57. The Balaban J connectivity index is 2.06. The maximum atomic E-state index is 12.9. The van der Waals surface area contributed by atoms with Gasteiger partial charge in [0.2, 0.25) is 0 Å². The largest absolute Gasteiger partial charge is 0.504 e. The van der Waals surface area contributed by atoms with Crippen molar-refractivity contribution < 1.29 is 19.4 Å². The van der Waals surface area contributed by atoms with Gasteiger partial charge in [-0.15, -0.1) is 0 Å². The van der Waals surface area contributed by atoms with Crippen molar-refractivity contribution >= 4 is 11.6 Å². The second kappa shape index (κ2) is 6.80. The minimum Gasteiger partial charge on any atom is -0.504 e. The van der Waals surface area contributed by atoms with E-state index in [-0.39, 0.29) is 11.7 Å². The first-order chi connectivity index (χ1) is 11.7. The van der Waals surface area contributed by atoms with Gasteiger partial charge in [-0.05, 0) is 18.2 Å². The van der Waals surface area contributed by atoms with Crippen LogP contribution in [-0.4, -0.2) is 43.3 Å². The van der Waals surface area contributed by atoms with Crippen LogP contribution in [0.15, 0.2) is 42.5 Å². The summed E-state index contributed by atoms with van der Waals surface area (Å²) in [7, 11) is 3.09. The highest BCUT2D eigenvalue weighted by atomic mass is 16.5. The molecule has 0 radical (unpaired) electrons. The van der Waals surface area contributed by atoms with Gasteiger partial charge in [-0.2, -0.15) is 0 Å². The van der Waals surface area contributed by atoms with Gasteiger partial charge in [0.1, 0.15) is 6.17 Å². The van der Waals surface area contributed by atoms with Gasteiger partial charge in [-0.25, -0.2) is 0 Å². The van der Waals surface area contributed by atoms with Gasteiger partial charge in [-0.1, -0.05) is 24.3 Å². The zero-order valence-electron chi connectivity index (χ0n) is 13.7. The molecule has 0 spiro atoms. The maximum Gasteiger partial charge on any atom is 0.257 e. The number of carbonyl (C=O) groups is 1. The van der Waals surface area contributed by atoms with E-state index in [2.05, 4.69) is 5.32 Å². The van der Waals surface area contributed by atoms with Crippen molar-refractivity contribution in [1.29, 1.82) is 0 Å². The van der Waals surface area contributed by atoms with Crippen LogP contribution in [0.3, 0.4) is 0 Å². The fraction of sp³-hybridized carbons (Fsp3) is 0.278. The minimum absolute atomic E-state index is 0.0205. The Hall–Kier alpha value is -2.73. The van der Waals surface area contributed by atoms with E-state index >= 15 is 0 Å². The molecule has 1 aliphatic heterocycles. The van der Waals surface area contributed by atoms with Crippen molar-refractivity contribution in [1.82, 2.24) is 4.90 Å². The average molecular weight is 328 g/mol. The van der Waals surface area contributed by atoms with Gasteiger partial charge in [0.05, 0.1) is 19.3 Å². The normalized spacial score (nSPS) is 16.5. The molecule has 126 valence electrons. The highest BCUT2D eigenvalue weighted by molar-refractivity contribution is 6.01. The minimum atomic E-state index is -0.502. The van der Waals surface area contributed by atoms with Crippen LogP contribution in [0.1, 0.15) is 22.1 Å². The number of para-hydroxylation sites is 2. The molecule has 0 bridgehead atoms. The van der Waals surface area contributed by atoms with Gasteiger partial charge < -0.3 is 24.8 Å². The first-order valence-electron chi connectivity index (χ1n) is 7.68. The number of hydrogen-bond acceptors (Lipinski definition) is 5. The van der Waals surface area contributed by atoms with E-state index in [1.807, 2.05) is 18.2 Å². The second-order valence-corrected chi connectivity index (χ2v) is 5.48. The molecule has 6 nitrogen and oxygen atoms in total. The molecule has 1 atom stereocenters. The number of hydrogen-bond donors (Lipinski definition) is 2. The van der Waals surface area contributed by atoms with Crippen LogP contribution in [0.2, 0.25) is 0 Å². The van der Waals surface area contributed by atoms with Crippen molar-refractivity contribution in [2.24, 2.45) is 0 Å². The van der Waals surface area contributed by atoms with Gasteiger partial charge in [0.25, 0.3) is 5.91 Å². The van der Waals surface area contributed by atoms with Crippen LogP contribution >= 0.6 is 0 Å². The first kappa shape index (κ1) is 16.1. The van der Waals surface area contributed by atoms with Crippen LogP contribution in [0, 0.1) is 0 Å². The summed E-state index contributed by atoms with van der Waals surface area (Å²) >= 11 is 0. The lowest BCUT2D eigenvalue weighted by Gasteiger charge is -2.38. The number of rotatable bonds is 5. The quantitative estimate of drug-likeness (QED) is 0.883. The van der Waals surface area contributed by atoms with Gasteiger partial charge in [-0.3, -0.25) is 4.79 Å². The molecule has 24 heavy (non-hydrogen) atoms. The molecule has 0 saturated heterocycles. The van der Waals surface area contributed by atoms with Crippen LogP contribution in [-0.2, 0) is 4.74 Å². The predicted octanol–water partition coefficient (Wildman–Crippen LogP) is 2.61. The molecule has 1 amide bonds. The number of ether oxygens (including phenoxy) is 2. The molecule has 2 aromatic rings. The highest BCUT2D eigenvalue weighted by Crippen LogP contribution is 2.39. The Morgan fingerprint density at radius 1 is 1.17 bits per heavy atom. The smallest absolute Gasteiger partial charge is 0.257 e. The summed E-state index contributed by atoms with van der Waals surface area (Å²) in [5, 5.41) is 13.8. The number of nitrogens with zero attached hydrogens (tertiary/aromatic N) is 1. The lowest BCUT2D eigenvalue weighted by molar-refractivity contribution is 0.0607. The van der Waals surface area contributed by atoms with E-state index in [0.29, 0.717) is 30.0 Å². The Morgan fingerprint density at radius 2 is 1.96 bits per heavy atom. The van der Waals surface area contributed by atoms with Crippen molar-refractivity contribution in [3.8, 4) is 11.5 Å². The Morgan fingerprint density at radius 3 is 2.71 bits per heavy atom. The fourth-order valence-corrected chi connectivity index (χ4v) is 2.88. The third-order valence-electron chi connectivity index (χ3n) is 4.10. The summed E-state index contributed by atoms with van der Waals surface area (Å²) in [6.07, 6.45) is -0.502. The predicted molar refractivity (Wildman–Crippen MR) is 90.4 cm³/mol. The zero-order valence-corrected chi connectivity index (χ0v) is 13.7. The molecular weight excluding hydrogens is 308 g/mol. The molecule has 1 heterocycles. The van der Waals surface area contributed by atoms with E-state index in [1.165, 1.54) is 7.11 Å². The third kappa shape index (κ3) is 2.76. The number of phenols is 1. The number of anilines is 1. The lowest BCUT2D eigenvalue weighted by atomic mass is 10.0. The summed E-state index contributed by atoms with van der Waals surface area (Å²) in [5.74, 6) is 0.285. The fourth-order valence-electron chi connectivity index (χ4n) is 2.88. The highest BCUT2D eigenvalue weighted by Gasteiger charge is 2.34. The van der Waals surface area contributed by atoms with E-state index in [9.17, 15) is 9.90 Å². The van der Waals surface area contributed by atoms with Gasteiger partial charge >= 0.3 is 0 Å². The number of nitrogens with one attached hydrogen (secondary N) is 1. The number of amides is 1. The molecule has 0 saturated carbocycles. The number of benzene rings is 2. The van der Waals surface area contributed by atoms with Gasteiger partial charge in [0, 0.05) is 24.9 Å². The molecule has 6 heteroatoms. The van der Waals surface area contributed by atoms with Crippen LogP contribution in [0.25, 0.3) is 0 Å². The Bertz CT molecular complexity index is 748. The van der Waals surface area contributed by atoms with Crippen LogP contribution in [0.4, 0.5) is 5.69 Å². The number of methoxy groups -OCH3 is 2. The number of phenolic OH excluding ortho intramolecular Hbond substituents is 1. The number of fused-ring (bicyclic) bond motifs is 1. The van der Waals surface area contributed by atoms with Crippen molar-refractivity contribution in [2.75, 3.05) is 32.7 Å². The standard InChI is InChI=1S/C18H20N2O4/c1-23-11-10-20-17(13-7-5-9-15(24-2)16(13)21)19-14-8-4-3-6-12(14)18(20)22/h3-9,17,19,21H,10-11H2,1-2H3/t17-/m0/s1. The van der Waals surface area contributed by atoms with E-state index < -0.39 is 6.17 Å². The van der Waals surface area contributed by atoms with E-state index in [0.717, 1.165) is 5.69 Å². The molecular formula is C18H20N2O4. The van der Waals surface area contributed by atoms with E-state index in [1.54, 1.807) is 36.3 Å². The zero-order chi connectivity index (χ0) is 17.1. The SMILES string of the molecule is COCCN1C(=O)c2ccccc2N[C@@H]1c1cccc(OC)c1O. The molecule has 2 N–H and O–H groups in total. The molecule has 0 aliphatic carbocycles. The molecule has 0 aromatic heterocycles. The molecule has 1 aliphatic rings. The second-order valence-electron chi connectivity index (χ2n) is 5.48. The summed E-state index contributed by atoms with van der Waals surface area (Å²) < 4.78 is 10.3. The summed E-state index contributed by atoms with van der Waals surface area (Å²) in [6, 6.07) is 12.6. The Labute approximate surface area is 140 Å². The van der Waals surface area contributed by atoms with Gasteiger partial charge in [0.15, 0.2) is 11.5 Å². The average Bonchev–Trinajstić information content (AvgIpc) is 2.61. The summed E-state index contributed by atoms with van der Waals surface area (Å²) in [5.41, 5.74) is 1.92.